The number of nitrogens with zero attached hydrogens (tertiary/aromatic N) is 1. The number of amides is 2. The summed E-state index contributed by atoms with van der Waals surface area (Å²) in [6.45, 7) is 0.863. The fourth-order valence-electron chi connectivity index (χ4n) is 3.63. The zero-order valence-electron chi connectivity index (χ0n) is 13.4. The van der Waals surface area contributed by atoms with Crippen LogP contribution in [0, 0.1) is 0 Å². The molecule has 1 N–H and O–H groups in total. The van der Waals surface area contributed by atoms with E-state index in [4.69, 9.17) is 0 Å². The summed E-state index contributed by atoms with van der Waals surface area (Å²) < 4.78 is 0. The molecule has 0 atom stereocenters. The molecule has 1 aliphatic heterocycles. The van der Waals surface area contributed by atoms with E-state index in [-0.39, 0.29) is 23.8 Å². The molecule has 0 aromatic heterocycles. The SMILES string of the molecule is O=C(CN1CSCC1=O)NCC1(c2ccccc2)CCCCC1. The standard InChI is InChI=1S/C18H24N2O2S/c21-16(11-20-14-23-12-17(20)22)19-13-18(9-5-2-6-10-18)15-7-3-1-4-8-15/h1,3-4,7-8H,2,5-6,9-14H2,(H,19,21). The van der Waals surface area contributed by atoms with E-state index >= 15 is 0 Å². The van der Waals surface area contributed by atoms with Crippen molar-refractivity contribution in [1.82, 2.24) is 10.2 Å². The summed E-state index contributed by atoms with van der Waals surface area (Å²) in [5, 5.41) is 3.10. The van der Waals surface area contributed by atoms with Gasteiger partial charge in [0.05, 0.1) is 11.6 Å². The van der Waals surface area contributed by atoms with Crippen LogP contribution in [0.1, 0.15) is 37.7 Å². The Labute approximate surface area is 142 Å². The molecule has 3 rings (SSSR count). The van der Waals surface area contributed by atoms with Gasteiger partial charge in [0.1, 0.15) is 6.54 Å². The number of thioether (sulfide) groups is 1. The van der Waals surface area contributed by atoms with Crippen LogP contribution in [-0.4, -0.2) is 41.4 Å². The van der Waals surface area contributed by atoms with E-state index < -0.39 is 0 Å². The lowest BCUT2D eigenvalue weighted by Crippen LogP contribution is -2.45. The van der Waals surface area contributed by atoms with Crippen LogP contribution < -0.4 is 5.32 Å². The summed E-state index contributed by atoms with van der Waals surface area (Å²) in [6, 6.07) is 10.5. The molecule has 0 unspecified atom stereocenters. The molecule has 1 aromatic rings. The van der Waals surface area contributed by atoms with Crippen LogP contribution >= 0.6 is 11.8 Å². The molecule has 1 saturated heterocycles. The van der Waals surface area contributed by atoms with Gasteiger partial charge in [-0.2, -0.15) is 0 Å². The monoisotopic (exact) mass is 332 g/mol. The van der Waals surface area contributed by atoms with Crippen LogP contribution in [-0.2, 0) is 15.0 Å². The fraction of sp³-hybridized carbons (Fsp3) is 0.556. The molecule has 5 heteroatoms. The van der Waals surface area contributed by atoms with Crippen molar-refractivity contribution in [3.05, 3.63) is 35.9 Å². The number of rotatable bonds is 5. The van der Waals surface area contributed by atoms with E-state index in [9.17, 15) is 9.59 Å². The zero-order chi connectivity index (χ0) is 16.1. The van der Waals surface area contributed by atoms with Crippen molar-refractivity contribution in [2.45, 2.75) is 37.5 Å². The van der Waals surface area contributed by atoms with Gasteiger partial charge in [0.15, 0.2) is 0 Å². The van der Waals surface area contributed by atoms with Gasteiger partial charge in [-0.25, -0.2) is 0 Å². The molecule has 2 amide bonds. The first-order valence-corrected chi connectivity index (χ1v) is 9.53. The van der Waals surface area contributed by atoms with Gasteiger partial charge in [0.2, 0.25) is 11.8 Å². The molecule has 0 bridgehead atoms. The highest BCUT2D eigenvalue weighted by Gasteiger charge is 2.34. The second-order valence-corrected chi connectivity index (χ2v) is 7.51. The predicted octanol–water partition coefficient (Wildman–Crippen LogP) is 2.54. The van der Waals surface area contributed by atoms with Gasteiger partial charge in [0, 0.05) is 12.0 Å². The Morgan fingerprint density at radius 3 is 2.57 bits per heavy atom. The highest BCUT2D eigenvalue weighted by molar-refractivity contribution is 8.00. The first-order chi connectivity index (χ1) is 11.2. The maximum absolute atomic E-state index is 12.2. The quantitative estimate of drug-likeness (QED) is 0.901. The fourth-order valence-corrected chi connectivity index (χ4v) is 4.53. The number of carbonyl (C=O) groups excluding carboxylic acids is 2. The van der Waals surface area contributed by atoms with Crippen LogP contribution in [0.15, 0.2) is 30.3 Å². The van der Waals surface area contributed by atoms with Crippen molar-refractivity contribution in [3.8, 4) is 0 Å². The molecule has 2 aliphatic rings. The molecule has 1 heterocycles. The first-order valence-electron chi connectivity index (χ1n) is 8.37. The van der Waals surface area contributed by atoms with Crippen molar-refractivity contribution in [1.29, 1.82) is 0 Å². The summed E-state index contributed by atoms with van der Waals surface area (Å²) >= 11 is 1.57. The summed E-state index contributed by atoms with van der Waals surface area (Å²) in [5.74, 6) is 1.17. The smallest absolute Gasteiger partial charge is 0.239 e. The molecule has 1 aromatic carbocycles. The molecule has 124 valence electrons. The highest BCUT2D eigenvalue weighted by Crippen LogP contribution is 2.38. The topological polar surface area (TPSA) is 49.4 Å². The van der Waals surface area contributed by atoms with Crippen molar-refractivity contribution in [3.63, 3.8) is 0 Å². The second kappa shape index (κ2) is 7.39. The lowest BCUT2D eigenvalue weighted by Gasteiger charge is -2.38. The second-order valence-electron chi connectivity index (χ2n) is 6.55. The molecule has 0 radical (unpaired) electrons. The minimum atomic E-state index is -0.0401. The third kappa shape index (κ3) is 3.89. The van der Waals surface area contributed by atoms with Crippen LogP contribution in [0.5, 0.6) is 0 Å². The largest absolute Gasteiger partial charge is 0.354 e. The maximum Gasteiger partial charge on any atom is 0.239 e. The maximum atomic E-state index is 12.2. The summed E-state index contributed by atoms with van der Waals surface area (Å²) in [5.41, 5.74) is 1.38. The molecule has 1 saturated carbocycles. The van der Waals surface area contributed by atoms with E-state index in [1.807, 2.05) is 6.07 Å². The summed E-state index contributed by atoms with van der Waals surface area (Å²) in [4.78, 5) is 25.5. The number of hydrogen-bond donors (Lipinski definition) is 1. The number of carbonyl (C=O) groups is 2. The molecule has 4 nitrogen and oxygen atoms in total. The first kappa shape index (κ1) is 16.4. The van der Waals surface area contributed by atoms with Gasteiger partial charge in [0.25, 0.3) is 0 Å². The van der Waals surface area contributed by atoms with Crippen molar-refractivity contribution >= 4 is 23.6 Å². The minimum Gasteiger partial charge on any atom is -0.354 e. The molecular formula is C18H24N2O2S. The Morgan fingerprint density at radius 2 is 1.91 bits per heavy atom. The lowest BCUT2D eigenvalue weighted by atomic mass is 9.69. The Kier molecular flexibility index (Phi) is 5.26. The summed E-state index contributed by atoms with van der Waals surface area (Å²) in [6.07, 6.45) is 5.95. The van der Waals surface area contributed by atoms with E-state index in [1.165, 1.54) is 24.8 Å². The average Bonchev–Trinajstić information content (AvgIpc) is 2.99. The lowest BCUT2D eigenvalue weighted by molar-refractivity contribution is -0.132. The average molecular weight is 332 g/mol. The van der Waals surface area contributed by atoms with Gasteiger partial charge in [-0.1, -0.05) is 49.6 Å². The van der Waals surface area contributed by atoms with E-state index in [2.05, 4.69) is 29.6 Å². The Bertz CT molecular complexity index is 555. The third-order valence-electron chi connectivity index (χ3n) is 4.98. The molecular weight excluding hydrogens is 308 g/mol. The molecule has 0 spiro atoms. The van der Waals surface area contributed by atoms with Crippen molar-refractivity contribution in [2.24, 2.45) is 0 Å². The minimum absolute atomic E-state index is 0.0401. The molecule has 1 aliphatic carbocycles. The number of nitrogens with one attached hydrogen (secondary N) is 1. The molecule has 23 heavy (non-hydrogen) atoms. The van der Waals surface area contributed by atoms with Crippen LogP contribution in [0.2, 0.25) is 0 Å². The third-order valence-corrected chi connectivity index (χ3v) is 5.93. The Hall–Kier alpha value is -1.49. The van der Waals surface area contributed by atoms with Gasteiger partial charge < -0.3 is 10.2 Å². The van der Waals surface area contributed by atoms with Gasteiger partial charge >= 0.3 is 0 Å². The van der Waals surface area contributed by atoms with Gasteiger partial charge in [-0.05, 0) is 18.4 Å². The number of hydrogen-bond acceptors (Lipinski definition) is 3. The van der Waals surface area contributed by atoms with Crippen LogP contribution in [0.25, 0.3) is 0 Å². The normalized spacial score (nSPS) is 20.5. The number of benzene rings is 1. The van der Waals surface area contributed by atoms with Gasteiger partial charge in [-0.3, -0.25) is 9.59 Å². The predicted molar refractivity (Wildman–Crippen MR) is 93.3 cm³/mol. The van der Waals surface area contributed by atoms with Crippen LogP contribution in [0.3, 0.4) is 0 Å². The Balaban J connectivity index is 1.63. The van der Waals surface area contributed by atoms with Gasteiger partial charge in [-0.15, -0.1) is 11.8 Å². The highest BCUT2D eigenvalue weighted by atomic mass is 32.2. The van der Waals surface area contributed by atoms with Crippen LogP contribution in [0.4, 0.5) is 0 Å². The summed E-state index contributed by atoms with van der Waals surface area (Å²) in [7, 11) is 0. The van der Waals surface area contributed by atoms with Crippen molar-refractivity contribution < 1.29 is 9.59 Å². The zero-order valence-corrected chi connectivity index (χ0v) is 14.2. The van der Waals surface area contributed by atoms with E-state index in [1.54, 1.807) is 16.7 Å². The van der Waals surface area contributed by atoms with E-state index in [0.29, 0.717) is 18.2 Å². The van der Waals surface area contributed by atoms with Crippen molar-refractivity contribution in [2.75, 3.05) is 24.7 Å². The van der Waals surface area contributed by atoms with E-state index in [0.717, 1.165) is 12.8 Å². The Morgan fingerprint density at radius 1 is 1.17 bits per heavy atom. The molecule has 2 fully saturated rings.